The van der Waals surface area contributed by atoms with Crippen LogP contribution in [0.1, 0.15) is 17.5 Å². The summed E-state index contributed by atoms with van der Waals surface area (Å²) in [5, 5.41) is 17.4. The highest BCUT2D eigenvalue weighted by molar-refractivity contribution is 5.79. The molecule has 1 fully saturated rings. The van der Waals surface area contributed by atoms with E-state index in [-0.39, 0.29) is 11.9 Å². The van der Waals surface area contributed by atoms with Crippen molar-refractivity contribution < 1.29 is 37.7 Å². The Labute approximate surface area is 177 Å². The van der Waals surface area contributed by atoms with Gasteiger partial charge in [-0.05, 0) is 42.2 Å². The smallest absolute Gasteiger partial charge is 0.490 e. The molecule has 3 rings (SSSR count). The van der Waals surface area contributed by atoms with Crippen molar-refractivity contribution in [3.63, 3.8) is 0 Å². The molecule has 7 nitrogen and oxygen atoms in total. The molecule has 1 aromatic carbocycles. The van der Waals surface area contributed by atoms with Crippen molar-refractivity contribution in [3.05, 3.63) is 59.9 Å². The second-order valence-corrected chi connectivity index (χ2v) is 6.90. The molecule has 1 aliphatic rings. The van der Waals surface area contributed by atoms with Crippen molar-refractivity contribution in [1.82, 2.24) is 9.88 Å². The van der Waals surface area contributed by atoms with Gasteiger partial charge in [0, 0.05) is 18.9 Å². The maximum atomic E-state index is 12.7. The van der Waals surface area contributed by atoms with E-state index in [1.807, 2.05) is 41.3 Å². The summed E-state index contributed by atoms with van der Waals surface area (Å²) in [6.45, 7) is 0.598. The van der Waals surface area contributed by atoms with Gasteiger partial charge in [0.25, 0.3) is 0 Å². The van der Waals surface area contributed by atoms with E-state index in [9.17, 15) is 23.1 Å². The summed E-state index contributed by atoms with van der Waals surface area (Å²) in [6.07, 6.45) is -0.466. The predicted octanol–water partition coefficient (Wildman–Crippen LogP) is 2.47. The van der Waals surface area contributed by atoms with Gasteiger partial charge in [-0.3, -0.25) is 9.78 Å². The molecular formula is C21H23F3N2O5. The van der Waals surface area contributed by atoms with Crippen molar-refractivity contribution >= 4 is 11.9 Å². The maximum absolute atomic E-state index is 12.7. The molecule has 2 aromatic rings. The summed E-state index contributed by atoms with van der Waals surface area (Å²) >= 11 is 0. The lowest BCUT2D eigenvalue weighted by atomic mass is 10.0. The molecule has 10 heteroatoms. The standard InChI is InChI=1S/C19H22N2O3.C2HF3O2/c1-24-16-6-4-14(5-7-16)12-19(23)21-10-8-18(22)17(21)11-15-3-2-9-20-13-15;3-2(4,5)1(6)7/h2-7,9,13,17-18,22H,8,10-12H2,1H3;(H,6,7)/t17-,18-;/m0./s1. The van der Waals surface area contributed by atoms with Crippen LogP contribution in [0.25, 0.3) is 0 Å². The summed E-state index contributed by atoms with van der Waals surface area (Å²) < 4.78 is 36.9. The van der Waals surface area contributed by atoms with Crippen LogP contribution in [0.2, 0.25) is 0 Å². The molecular weight excluding hydrogens is 417 g/mol. The highest BCUT2D eigenvalue weighted by Gasteiger charge is 2.38. The molecule has 0 aliphatic carbocycles. The number of aromatic nitrogens is 1. The Morgan fingerprint density at radius 1 is 1.19 bits per heavy atom. The van der Waals surface area contributed by atoms with Gasteiger partial charge in [-0.2, -0.15) is 13.2 Å². The van der Waals surface area contributed by atoms with Gasteiger partial charge in [-0.15, -0.1) is 0 Å². The summed E-state index contributed by atoms with van der Waals surface area (Å²) in [7, 11) is 1.62. The second kappa shape index (κ2) is 10.8. The van der Waals surface area contributed by atoms with Gasteiger partial charge in [0.1, 0.15) is 5.75 Å². The predicted molar refractivity (Wildman–Crippen MR) is 104 cm³/mol. The SMILES string of the molecule is COc1ccc(CC(=O)N2CC[C@H](O)[C@@H]2Cc2cccnc2)cc1.O=C(O)C(F)(F)F. The molecule has 2 heterocycles. The Balaban J connectivity index is 0.000000423. The van der Waals surface area contributed by atoms with Gasteiger partial charge >= 0.3 is 12.1 Å². The van der Waals surface area contributed by atoms with Crippen molar-refractivity contribution in [3.8, 4) is 5.75 Å². The van der Waals surface area contributed by atoms with Gasteiger partial charge in [-0.1, -0.05) is 18.2 Å². The maximum Gasteiger partial charge on any atom is 0.490 e. The number of benzene rings is 1. The fraction of sp³-hybridized carbons (Fsp3) is 0.381. The van der Waals surface area contributed by atoms with Crippen LogP contribution in [-0.4, -0.2) is 64.0 Å². The van der Waals surface area contributed by atoms with Crippen LogP contribution in [0.4, 0.5) is 13.2 Å². The fourth-order valence-corrected chi connectivity index (χ4v) is 3.17. The first-order valence-electron chi connectivity index (χ1n) is 9.41. The minimum atomic E-state index is -5.08. The average molecular weight is 440 g/mol. The van der Waals surface area contributed by atoms with Gasteiger partial charge in [0.15, 0.2) is 0 Å². The quantitative estimate of drug-likeness (QED) is 0.741. The van der Waals surface area contributed by atoms with Gasteiger partial charge in [0.05, 0.1) is 25.7 Å². The Hall–Kier alpha value is -3.14. The second-order valence-electron chi connectivity index (χ2n) is 6.90. The Kier molecular flexibility index (Phi) is 8.38. The van der Waals surface area contributed by atoms with E-state index in [0.717, 1.165) is 16.9 Å². The number of carbonyl (C=O) groups excluding carboxylic acids is 1. The van der Waals surface area contributed by atoms with E-state index in [2.05, 4.69) is 4.98 Å². The molecule has 0 unspecified atom stereocenters. The number of rotatable bonds is 5. The number of pyridine rings is 1. The monoisotopic (exact) mass is 440 g/mol. The third kappa shape index (κ3) is 7.25. The normalized spacial score (nSPS) is 18.2. The van der Waals surface area contributed by atoms with E-state index in [1.54, 1.807) is 19.5 Å². The van der Waals surface area contributed by atoms with Gasteiger partial charge in [0.2, 0.25) is 5.91 Å². The van der Waals surface area contributed by atoms with Crippen molar-refractivity contribution in [2.24, 2.45) is 0 Å². The third-order valence-electron chi connectivity index (χ3n) is 4.76. The van der Waals surface area contributed by atoms with Gasteiger partial charge in [-0.25, -0.2) is 4.79 Å². The van der Waals surface area contributed by atoms with Crippen LogP contribution in [0.5, 0.6) is 5.75 Å². The number of hydrogen-bond donors (Lipinski definition) is 2. The summed E-state index contributed by atoms with van der Waals surface area (Å²) in [5.74, 6) is -1.93. The topological polar surface area (TPSA) is 100.0 Å². The van der Waals surface area contributed by atoms with Crippen molar-refractivity contribution in [2.45, 2.75) is 37.6 Å². The molecule has 31 heavy (non-hydrogen) atoms. The number of aliphatic hydroxyl groups excluding tert-OH is 1. The first kappa shape index (κ1) is 24.1. The average Bonchev–Trinajstić information content (AvgIpc) is 3.09. The van der Waals surface area contributed by atoms with Gasteiger partial charge < -0.3 is 19.8 Å². The van der Waals surface area contributed by atoms with E-state index < -0.39 is 18.2 Å². The minimum absolute atomic E-state index is 0.0469. The number of methoxy groups -OCH3 is 1. The van der Waals surface area contributed by atoms with Crippen LogP contribution < -0.4 is 4.74 Å². The number of likely N-dealkylation sites (tertiary alicyclic amines) is 1. The number of nitrogens with zero attached hydrogens (tertiary/aromatic N) is 2. The highest BCUT2D eigenvalue weighted by atomic mass is 19.4. The molecule has 168 valence electrons. The van der Waals surface area contributed by atoms with Crippen LogP contribution in [0.3, 0.4) is 0 Å². The number of aliphatic carboxylic acids is 1. The number of amides is 1. The fourth-order valence-electron chi connectivity index (χ4n) is 3.17. The zero-order chi connectivity index (χ0) is 23.0. The minimum Gasteiger partial charge on any atom is -0.497 e. The first-order chi connectivity index (χ1) is 14.6. The zero-order valence-corrected chi connectivity index (χ0v) is 16.7. The number of halogens is 3. The molecule has 0 saturated carbocycles. The molecule has 1 aromatic heterocycles. The Morgan fingerprint density at radius 2 is 1.84 bits per heavy atom. The zero-order valence-electron chi connectivity index (χ0n) is 16.7. The van der Waals surface area contributed by atoms with Crippen LogP contribution >= 0.6 is 0 Å². The van der Waals surface area contributed by atoms with Crippen molar-refractivity contribution in [1.29, 1.82) is 0 Å². The molecule has 1 amide bonds. The lowest BCUT2D eigenvalue weighted by Gasteiger charge is -2.26. The number of ether oxygens (including phenoxy) is 1. The van der Waals surface area contributed by atoms with Crippen LogP contribution in [0, 0.1) is 0 Å². The van der Waals surface area contributed by atoms with Crippen LogP contribution in [0.15, 0.2) is 48.8 Å². The van der Waals surface area contributed by atoms with Crippen molar-refractivity contribution in [2.75, 3.05) is 13.7 Å². The number of carboxylic acids is 1. The number of carbonyl (C=O) groups is 2. The number of aliphatic hydroxyl groups is 1. The summed E-state index contributed by atoms with van der Waals surface area (Å²) in [6, 6.07) is 11.2. The number of alkyl halides is 3. The third-order valence-corrected chi connectivity index (χ3v) is 4.76. The molecule has 2 N–H and O–H groups in total. The Bertz CT molecular complexity index is 860. The Morgan fingerprint density at radius 3 is 2.35 bits per heavy atom. The lowest BCUT2D eigenvalue weighted by molar-refractivity contribution is -0.192. The first-order valence-corrected chi connectivity index (χ1v) is 9.41. The number of hydrogen-bond acceptors (Lipinski definition) is 5. The molecule has 0 radical (unpaired) electrons. The molecule has 1 saturated heterocycles. The van der Waals surface area contributed by atoms with E-state index in [0.29, 0.717) is 25.8 Å². The van der Waals surface area contributed by atoms with E-state index >= 15 is 0 Å². The number of carboxylic acid groups (broad SMARTS) is 1. The summed E-state index contributed by atoms with van der Waals surface area (Å²) in [5.41, 5.74) is 1.98. The van der Waals surface area contributed by atoms with E-state index in [1.165, 1.54) is 0 Å². The molecule has 0 bridgehead atoms. The highest BCUT2D eigenvalue weighted by Crippen LogP contribution is 2.23. The molecule has 0 spiro atoms. The van der Waals surface area contributed by atoms with E-state index in [4.69, 9.17) is 14.6 Å². The lowest BCUT2D eigenvalue weighted by Crippen LogP contribution is -2.41. The van der Waals surface area contributed by atoms with Crippen LogP contribution in [-0.2, 0) is 22.4 Å². The molecule has 1 aliphatic heterocycles. The summed E-state index contributed by atoms with van der Waals surface area (Å²) in [4.78, 5) is 27.5. The largest absolute Gasteiger partial charge is 0.497 e. The molecule has 2 atom stereocenters.